The number of aromatic amines is 1. The Labute approximate surface area is 92.9 Å². The van der Waals surface area contributed by atoms with Crippen molar-refractivity contribution in [2.24, 2.45) is 5.92 Å². The number of rotatable bonds is 2. The average Bonchev–Trinajstić information content (AvgIpc) is 2.74. The lowest BCUT2D eigenvalue weighted by Crippen LogP contribution is -2.33. The van der Waals surface area contributed by atoms with Crippen LogP contribution in [0.25, 0.3) is 0 Å². The van der Waals surface area contributed by atoms with Crippen LogP contribution in [0.5, 0.6) is 0 Å². The predicted molar refractivity (Wildman–Crippen MR) is 63.6 cm³/mol. The van der Waals surface area contributed by atoms with Gasteiger partial charge in [-0.05, 0) is 25.3 Å². The van der Waals surface area contributed by atoms with Crippen LogP contribution in [-0.2, 0) is 6.54 Å². The average molecular weight is 209 g/mol. The van der Waals surface area contributed by atoms with E-state index in [4.69, 9.17) is 0 Å². The number of likely N-dealkylation sites (tertiary alicyclic amines) is 1. The summed E-state index contributed by atoms with van der Waals surface area (Å²) < 4.78 is 0. The molecule has 86 valence electrons. The van der Waals surface area contributed by atoms with Gasteiger partial charge in [0, 0.05) is 25.0 Å². The number of aromatic nitrogens is 2. The molecule has 1 aromatic heterocycles. The van der Waals surface area contributed by atoms with Gasteiger partial charge in [0.05, 0.1) is 6.33 Å². The maximum Gasteiger partial charge on any atom is 0.0922 e. The monoisotopic (exact) mass is 209 g/mol. The van der Waals surface area contributed by atoms with E-state index in [1.54, 1.807) is 6.33 Å². The van der Waals surface area contributed by atoms with E-state index in [-0.39, 0.29) is 0 Å². The van der Waals surface area contributed by atoms with Crippen LogP contribution in [0.3, 0.4) is 0 Å². The minimum Gasteiger partial charge on any atom is -0.347 e. The Hall–Kier alpha value is -0.830. The molecule has 3 heteroatoms. The van der Waals surface area contributed by atoms with Crippen molar-refractivity contribution in [3.05, 3.63) is 18.2 Å². The Kier molecular flexibility index (Phi) is 5.40. The molecule has 0 aliphatic carbocycles. The summed E-state index contributed by atoms with van der Waals surface area (Å²) in [5.74, 6) is 0.858. The zero-order chi connectivity index (χ0) is 11.1. The highest BCUT2D eigenvalue weighted by Gasteiger charge is 2.16. The van der Waals surface area contributed by atoms with Crippen LogP contribution in [0.15, 0.2) is 12.5 Å². The Morgan fingerprint density at radius 2 is 2.33 bits per heavy atom. The second-order valence-corrected chi connectivity index (χ2v) is 4.06. The maximum atomic E-state index is 4.02. The first-order valence-corrected chi connectivity index (χ1v) is 6.04. The third kappa shape index (κ3) is 4.04. The van der Waals surface area contributed by atoms with E-state index in [0.717, 1.165) is 12.5 Å². The molecule has 2 rings (SSSR count). The van der Waals surface area contributed by atoms with E-state index in [1.807, 2.05) is 20.0 Å². The lowest BCUT2D eigenvalue weighted by molar-refractivity contribution is 0.175. The van der Waals surface area contributed by atoms with E-state index in [9.17, 15) is 0 Å². The number of nitrogens with zero attached hydrogens (tertiary/aromatic N) is 2. The minimum absolute atomic E-state index is 0.858. The Balaban J connectivity index is 0.000000531. The highest BCUT2D eigenvalue weighted by molar-refractivity contribution is 4.94. The first-order valence-electron chi connectivity index (χ1n) is 6.04. The molecule has 0 saturated carbocycles. The van der Waals surface area contributed by atoms with Gasteiger partial charge in [-0.3, -0.25) is 4.90 Å². The Morgan fingerprint density at radius 3 is 2.93 bits per heavy atom. The molecule has 1 saturated heterocycles. The van der Waals surface area contributed by atoms with Crippen LogP contribution in [0.4, 0.5) is 0 Å². The van der Waals surface area contributed by atoms with Crippen LogP contribution in [0.2, 0.25) is 0 Å². The summed E-state index contributed by atoms with van der Waals surface area (Å²) in [6.45, 7) is 9.84. The van der Waals surface area contributed by atoms with Gasteiger partial charge < -0.3 is 4.98 Å². The van der Waals surface area contributed by atoms with Crippen molar-refractivity contribution in [2.45, 2.75) is 40.2 Å². The molecule has 0 spiro atoms. The van der Waals surface area contributed by atoms with Gasteiger partial charge in [0.1, 0.15) is 0 Å². The summed E-state index contributed by atoms with van der Waals surface area (Å²) in [5.41, 5.74) is 1.23. The van der Waals surface area contributed by atoms with Crippen molar-refractivity contribution in [3.8, 4) is 0 Å². The van der Waals surface area contributed by atoms with Gasteiger partial charge in [-0.25, -0.2) is 4.98 Å². The first kappa shape index (κ1) is 12.2. The molecule has 1 fully saturated rings. The molecule has 1 aromatic rings. The second-order valence-electron chi connectivity index (χ2n) is 4.06. The van der Waals surface area contributed by atoms with Gasteiger partial charge in [-0.2, -0.15) is 0 Å². The Bertz CT molecular complexity index is 243. The van der Waals surface area contributed by atoms with E-state index in [0.29, 0.717) is 0 Å². The number of hydrogen-bond acceptors (Lipinski definition) is 2. The molecular formula is C12H23N3. The van der Waals surface area contributed by atoms with Crippen LogP contribution in [0.1, 0.15) is 39.3 Å². The number of nitrogens with one attached hydrogen (secondary N) is 1. The number of hydrogen-bond donors (Lipinski definition) is 1. The fraction of sp³-hybridized carbons (Fsp3) is 0.750. The van der Waals surface area contributed by atoms with E-state index >= 15 is 0 Å². The minimum atomic E-state index is 0.858. The van der Waals surface area contributed by atoms with Crippen molar-refractivity contribution < 1.29 is 0 Å². The number of H-pyrrole nitrogens is 1. The summed E-state index contributed by atoms with van der Waals surface area (Å²) >= 11 is 0. The van der Waals surface area contributed by atoms with E-state index in [2.05, 4.69) is 21.8 Å². The second kappa shape index (κ2) is 6.62. The number of imidazole rings is 1. The smallest absolute Gasteiger partial charge is 0.0922 e. The summed E-state index contributed by atoms with van der Waals surface area (Å²) in [7, 11) is 0. The summed E-state index contributed by atoms with van der Waals surface area (Å²) in [4.78, 5) is 9.67. The fourth-order valence-corrected chi connectivity index (χ4v) is 2.04. The Morgan fingerprint density at radius 1 is 1.53 bits per heavy atom. The molecule has 15 heavy (non-hydrogen) atoms. The molecule has 3 nitrogen and oxygen atoms in total. The van der Waals surface area contributed by atoms with Crippen molar-refractivity contribution in [2.75, 3.05) is 13.1 Å². The lowest BCUT2D eigenvalue weighted by atomic mass is 10.0. The molecule has 1 aliphatic rings. The predicted octanol–water partition coefficient (Wildman–Crippen LogP) is 2.67. The number of piperidine rings is 1. The molecule has 0 radical (unpaired) electrons. The summed E-state index contributed by atoms with van der Waals surface area (Å²) in [5, 5.41) is 0. The maximum absolute atomic E-state index is 4.02. The zero-order valence-electron chi connectivity index (χ0n) is 10.2. The van der Waals surface area contributed by atoms with Gasteiger partial charge in [0.2, 0.25) is 0 Å². The molecule has 0 amide bonds. The van der Waals surface area contributed by atoms with Crippen molar-refractivity contribution in [3.63, 3.8) is 0 Å². The summed E-state index contributed by atoms with van der Waals surface area (Å²) in [6.07, 6.45) is 6.40. The molecule has 2 heterocycles. The van der Waals surface area contributed by atoms with E-state index in [1.165, 1.54) is 31.6 Å². The molecule has 1 aliphatic heterocycles. The quantitative estimate of drug-likeness (QED) is 0.812. The van der Waals surface area contributed by atoms with Gasteiger partial charge in [0.15, 0.2) is 0 Å². The molecule has 1 unspecified atom stereocenters. The SMILES string of the molecule is CC.CC1CCCN(Cc2cnc[nH]2)C1. The van der Waals surface area contributed by atoms with Gasteiger partial charge >= 0.3 is 0 Å². The summed E-state index contributed by atoms with van der Waals surface area (Å²) in [6, 6.07) is 0. The van der Waals surface area contributed by atoms with Crippen LogP contribution < -0.4 is 0 Å². The first-order chi connectivity index (χ1) is 7.34. The zero-order valence-corrected chi connectivity index (χ0v) is 10.2. The van der Waals surface area contributed by atoms with Crippen LogP contribution in [0, 0.1) is 5.92 Å². The molecule has 1 atom stereocenters. The van der Waals surface area contributed by atoms with Crippen molar-refractivity contribution in [1.29, 1.82) is 0 Å². The topological polar surface area (TPSA) is 31.9 Å². The third-order valence-electron chi connectivity index (χ3n) is 2.69. The van der Waals surface area contributed by atoms with Crippen molar-refractivity contribution in [1.82, 2.24) is 14.9 Å². The highest BCUT2D eigenvalue weighted by atomic mass is 15.1. The van der Waals surface area contributed by atoms with E-state index < -0.39 is 0 Å². The molecule has 0 aromatic carbocycles. The highest BCUT2D eigenvalue weighted by Crippen LogP contribution is 2.16. The lowest BCUT2D eigenvalue weighted by Gasteiger charge is -2.30. The fourth-order valence-electron chi connectivity index (χ4n) is 2.04. The third-order valence-corrected chi connectivity index (χ3v) is 2.69. The largest absolute Gasteiger partial charge is 0.347 e. The molecule has 1 N–H and O–H groups in total. The molecular weight excluding hydrogens is 186 g/mol. The molecule has 0 bridgehead atoms. The van der Waals surface area contributed by atoms with Crippen LogP contribution >= 0.6 is 0 Å². The normalized spacial score (nSPS) is 21.9. The van der Waals surface area contributed by atoms with Gasteiger partial charge in [-0.15, -0.1) is 0 Å². The van der Waals surface area contributed by atoms with Crippen molar-refractivity contribution >= 4 is 0 Å². The standard InChI is InChI=1S/C10H17N3.C2H6/c1-9-3-2-4-13(6-9)7-10-5-11-8-12-10;1-2/h5,8-9H,2-4,6-7H2,1H3,(H,11,12);1-2H3. The van der Waals surface area contributed by atoms with Crippen LogP contribution in [-0.4, -0.2) is 28.0 Å². The van der Waals surface area contributed by atoms with Gasteiger partial charge in [0.25, 0.3) is 0 Å². The van der Waals surface area contributed by atoms with Gasteiger partial charge in [-0.1, -0.05) is 20.8 Å².